The lowest BCUT2D eigenvalue weighted by Crippen LogP contribution is -2.42. The number of thiophene rings is 2. The lowest BCUT2D eigenvalue weighted by Gasteiger charge is -2.31. The predicted octanol–water partition coefficient (Wildman–Crippen LogP) is 7.10. The number of anilines is 2. The van der Waals surface area contributed by atoms with E-state index in [1.807, 2.05) is 0 Å². The molecule has 6 aromatic rings. The summed E-state index contributed by atoms with van der Waals surface area (Å²) in [4.78, 5) is 56.9. The van der Waals surface area contributed by atoms with Crippen LogP contribution in [0.3, 0.4) is 0 Å². The van der Waals surface area contributed by atoms with Gasteiger partial charge in [-0.15, -0.1) is 22.7 Å². The number of rotatable bonds is 18. The van der Waals surface area contributed by atoms with Gasteiger partial charge in [0.25, 0.3) is 53.1 Å². The number of amides is 3. The van der Waals surface area contributed by atoms with Gasteiger partial charge in [-0.2, -0.15) is 21.8 Å². The zero-order valence-corrected chi connectivity index (χ0v) is 44.7. The lowest BCUT2D eigenvalue weighted by atomic mass is 10.1. The molecule has 4 aromatic carbocycles. The van der Waals surface area contributed by atoms with E-state index in [4.69, 9.17) is 5.73 Å². The minimum atomic E-state index is -5.44. The summed E-state index contributed by atoms with van der Waals surface area (Å²) in [6.07, 6.45) is 2.04. The molecule has 2 aromatic heterocycles. The van der Waals surface area contributed by atoms with Crippen molar-refractivity contribution in [1.82, 2.24) is 19.2 Å². The maximum absolute atomic E-state index is 13.2. The van der Waals surface area contributed by atoms with Crippen LogP contribution in [-0.2, 0) is 43.0 Å². The number of sulfone groups is 1. The summed E-state index contributed by atoms with van der Waals surface area (Å²) in [5.41, 5.74) is 1.37. The minimum absolute atomic E-state index is 0.0246. The third-order valence-corrected chi connectivity index (χ3v) is 20.6. The molecule has 2 aliphatic heterocycles. The number of primary amides is 1. The van der Waals surface area contributed by atoms with Crippen molar-refractivity contribution in [2.24, 2.45) is 5.73 Å². The molecule has 0 unspecified atom stereocenters. The number of nitro groups is 2. The molecule has 0 atom stereocenters. The topological polar surface area (TPSA) is 321 Å². The molecule has 78 heavy (non-hydrogen) atoms. The predicted molar refractivity (Wildman–Crippen MR) is 283 cm³/mol. The molecule has 2 saturated heterocycles. The van der Waals surface area contributed by atoms with Crippen molar-refractivity contribution in [3.8, 4) is 0 Å². The monoisotopic (exact) mass is 1180 g/mol. The molecule has 0 radical (unpaired) electrons. The first-order valence-electron chi connectivity index (χ1n) is 23.4. The van der Waals surface area contributed by atoms with E-state index in [0.29, 0.717) is 59.8 Å². The Balaban J connectivity index is 0.000000227. The molecule has 0 saturated carbocycles. The fourth-order valence-electron chi connectivity index (χ4n) is 8.05. The summed E-state index contributed by atoms with van der Waals surface area (Å²) < 4.78 is 117. The number of carbonyl (C=O) groups excluding carboxylic acids is 3. The van der Waals surface area contributed by atoms with Gasteiger partial charge in [0, 0.05) is 100 Å². The average molecular weight is 1180 g/mol. The first-order chi connectivity index (χ1) is 36.8. The Labute approximate surface area is 452 Å². The number of benzene rings is 4. The van der Waals surface area contributed by atoms with Gasteiger partial charge in [0.1, 0.15) is 8.42 Å². The van der Waals surface area contributed by atoms with Gasteiger partial charge in [-0.3, -0.25) is 34.6 Å². The normalized spacial score (nSPS) is 15.1. The molecule has 414 valence electrons. The number of sulfonamides is 2. The van der Waals surface area contributed by atoms with Crippen LogP contribution in [0, 0.1) is 20.2 Å². The number of nitrogens with two attached hydrogens (primary N) is 1. The van der Waals surface area contributed by atoms with Gasteiger partial charge in [0.2, 0.25) is 5.91 Å². The Morgan fingerprint density at radius 2 is 0.962 bits per heavy atom. The third kappa shape index (κ3) is 14.4. The Hall–Kier alpha value is -7.35. The Bertz CT molecular complexity index is 3530. The Morgan fingerprint density at radius 3 is 1.32 bits per heavy atom. The summed E-state index contributed by atoms with van der Waals surface area (Å²) in [6, 6.07) is 27.7. The van der Waals surface area contributed by atoms with Gasteiger partial charge in [0.15, 0.2) is 0 Å². The van der Waals surface area contributed by atoms with Gasteiger partial charge in [-0.25, -0.2) is 25.3 Å². The summed E-state index contributed by atoms with van der Waals surface area (Å²) in [7, 11) is -12.9. The van der Waals surface area contributed by atoms with E-state index >= 15 is 0 Å². The molecule has 6 N–H and O–H groups in total. The van der Waals surface area contributed by atoms with Gasteiger partial charge in [-0.05, 0) is 111 Å². The van der Waals surface area contributed by atoms with E-state index in [1.165, 1.54) is 75.3 Å². The first kappa shape index (κ1) is 58.3. The average Bonchev–Trinajstić information content (AvgIpc) is 4.16. The molecule has 4 heterocycles. The highest BCUT2D eigenvalue weighted by Gasteiger charge is 2.47. The summed E-state index contributed by atoms with van der Waals surface area (Å²) in [5, 5.41) is 33.6. The fourth-order valence-corrected chi connectivity index (χ4v) is 14.6. The van der Waals surface area contributed by atoms with E-state index < -0.39 is 67.9 Å². The second kappa shape index (κ2) is 24.5. The highest BCUT2D eigenvalue weighted by molar-refractivity contribution is 7.92. The lowest BCUT2D eigenvalue weighted by molar-refractivity contribution is -0.385. The van der Waals surface area contributed by atoms with Crippen LogP contribution < -0.4 is 27.0 Å². The molecule has 2 aliphatic rings. The van der Waals surface area contributed by atoms with Crippen molar-refractivity contribution in [1.29, 1.82) is 0 Å². The van der Waals surface area contributed by atoms with Crippen LogP contribution in [0.15, 0.2) is 135 Å². The maximum atomic E-state index is 13.2. The van der Waals surface area contributed by atoms with Crippen LogP contribution in [0.4, 0.5) is 35.9 Å². The number of hydrogen-bond acceptors (Lipinski definition) is 17. The summed E-state index contributed by atoms with van der Waals surface area (Å²) in [5.74, 6) is -1.52. The quantitative estimate of drug-likeness (QED) is 0.0423. The van der Waals surface area contributed by atoms with E-state index in [0.717, 1.165) is 46.6 Å². The minimum Gasteiger partial charge on any atom is -0.382 e. The third-order valence-electron chi connectivity index (χ3n) is 12.2. The zero-order valence-electron chi connectivity index (χ0n) is 40.6. The molecule has 30 heteroatoms. The number of nitrogens with one attached hydrogen (secondary N) is 4. The molecule has 8 rings (SSSR count). The van der Waals surface area contributed by atoms with E-state index in [-0.39, 0.29) is 69.2 Å². The summed E-state index contributed by atoms with van der Waals surface area (Å²) in [6.45, 7) is 1.19. The zero-order chi connectivity index (χ0) is 56.6. The van der Waals surface area contributed by atoms with Crippen molar-refractivity contribution in [2.75, 3.05) is 36.8 Å². The van der Waals surface area contributed by atoms with Crippen molar-refractivity contribution in [3.05, 3.63) is 168 Å². The molecule has 0 spiro atoms. The summed E-state index contributed by atoms with van der Waals surface area (Å²) >= 11 is 2.07. The molecule has 22 nitrogen and oxygen atoms in total. The van der Waals surface area contributed by atoms with Crippen molar-refractivity contribution in [3.63, 3.8) is 0 Å². The molecular formula is C48H48F3N9O13S5. The number of non-ortho nitro benzene ring substituents is 2. The standard InChI is InChI=1S/C24H23F3N4O7S3.C24H25N5O6S2/c25-24(26,27)40(35,36)21-7-4-17(5-8-21)29-18-10-12-30(13-11-18)41(37,38)22-9-6-20(39-22)15-28-23(32)16-2-1-3-19(14-16)31(33)34;25-23(30)16-4-6-18(7-5-16)27-19-10-12-28(13-11-19)37(34,35)22-9-8-21(36-22)15-26-24(31)17-2-1-3-20(14-17)29(32)33/h1-9,14,18,29H,10-13,15H2,(H,28,32);1-9,14,19,27H,10-13,15H2,(H2,25,30)(H,26,31). The van der Waals surface area contributed by atoms with Crippen LogP contribution in [-0.4, -0.2) is 105 Å². The van der Waals surface area contributed by atoms with E-state index in [9.17, 15) is 73.0 Å². The molecule has 3 amide bonds. The van der Waals surface area contributed by atoms with Crippen LogP contribution in [0.2, 0.25) is 0 Å². The second-order valence-corrected chi connectivity index (χ2v) is 26.1. The van der Waals surface area contributed by atoms with E-state index in [1.54, 1.807) is 36.4 Å². The number of piperidine rings is 2. The van der Waals surface area contributed by atoms with Crippen molar-refractivity contribution in [2.45, 2.75) is 69.7 Å². The number of alkyl halides is 3. The largest absolute Gasteiger partial charge is 0.501 e. The van der Waals surface area contributed by atoms with Crippen LogP contribution in [0.1, 0.15) is 66.5 Å². The SMILES string of the molecule is NC(=O)c1ccc(NC2CCN(S(=O)(=O)c3ccc(CNC(=O)c4cccc([N+](=O)[O-])c4)s3)CC2)cc1.O=C(NCc1ccc(S(=O)(=O)N2CCC(Nc3ccc(S(=O)(=O)C(F)(F)F)cc3)CC2)s1)c1cccc([N+](=O)[O-])c1. The number of nitrogens with zero attached hydrogens (tertiary/aromatic N) is 4. The highest BCUT2D eigenvalue weighted by Crippen LogP contribution is 2.33. The Kier molecular flexibility index (Phi) is 18.4. The molecule has 2 fully saturated rings. The number of hydrogen-bond donors (Lipinski definition) is 5. The van der Waals surface area contributed by atoms with Crippen LogP contribution in [0.25, 0.3) is 0 Å². The maximum Gasteiger partial charge on any atom is 0.501 e. The van der Waals surface area contributed by atoms with Crippen molar-refractivity contribution < 1.29 is 62.7 Å². The highest BCUT2D eigenvalue weighted by atomic mass is 32.3. The smallest absolute Gasteiger partial charge is 0.382 e. The van der Waals surface area contributed by atoms with Gasteiger partial charge in [-0.1, -0.05) is 12.1 Å². The van der Waals surface area contributed by atoms with E-state index in [2.05, 4.69) is 21.3 Å². The number of halogens is 3. The second-order valence-electron chi connectivity index (χ2n) is 17.5. The molecule has 0 aliphatic carbocycles. The molecular weight excluding hydrogens is 1130 g/mol. The molecule has 0 bridgehead atoms. The first-order valence-corrected chi connectivity index (χ1v) is 29.4. The van der Waals surface area contributed by atoms with Crippen LogP contribution >= 0.6 is 22.7 Å². The number of carbonyl (C=O) groups is 3. The number of nitro benzene ring substituents is 2. The van der Waals surface area contributed by atoms with Gasteiger partial charge < -0.3 is 27.0 Å². The fraction of sp³-hybridized carbons (Fsp3) is 0.271. The Morgan fingerprint density at radius 1 is 0.577 bits per heavy atom. The van der Waals surface area contributed by atoms with Gasteiger partial charge >= 0.3 is 5.51 Å². The van der Waals surface area contributed by atoms with Crippen molar-refractivity contribution >= 4 is 93.0 Å². The van der Waals surface area contributed by atoms with Crippen LogP contribution in [0.5, 0.6) is 0 Å². The van der Waals surface area contributed by atoms with Gasteiger partial charge in [0.05, 0.1) is 27.8 Å².